The zero-order chi connectivity index (χ0) is 23.8. The molecule has 0 fully saturated rings. The van der Waals surface area contributed by atoms with Crippen molar-refractivity contribution < 1.29 is 17.2 Å². The molecule has 0 spiro atoms. The molecule has 0 bridgehead atoms. The third kappa shape index (κ3) is 25.9. The Morgan fingerprint density at radius 1 is 0.656 bits per heavy atom. The predicted octanol–water partition coefficient (Wildman–Crippen LogP) is 9.21. The van der Waals surface area contributed by atoms with Gasteiger partial charge < -0.3 is 0 Å². The van der Waals surface area contributed by atoms with Gasteiger partial charge in [0.1, 0.15) is 0 Å². The van der Waals surface area contributed by atoms with Crippen LogP contribution in [0, 0.1) is 5.92 Å². The van der Waals surface area contributed by atoms with E-state index in [1.807, 2.05) is 0 Å². The summed E-state index contributed by atoms with van der Waals surface area (Å²) in [5, 5.41) is 0. The van der Waals surface area contributed by atoms with Crippen molar-refractivity contribution in [3.63, 3.8) is 0 Å². The van der Waals surface area contributed by atoms with Gasteiger partial charge in [0.15, 0.2) is 0 Å². The summed E-state index contributed by atoms with van der Waals surface area (Å²) in [5.41, 5.74) is 0. The molecule has 1 atom stereocenters. The minimum atomic E-state index is -4.35. The van der Waals surface area contributed by atoms with Crippen LogP contribution in [0.15, 0.2) is 12.2 Å². The summed E-state index contributed by atoms with van der Waals surface area (Å²) in [7, 11) is -4.35. The maximum Gasteiger partial charge on any atom is 0.397 e. The second kappa shape index (κ2) is 23.8. The van der Waals surface area contributed by atoms with Gasteiger partial charge in [-0.25, -0.2) is 4.18 Å². The number of allylic oxidation sites excluding steroid dienone is 1. The van der Waals surface area contributed by atoms with Crippen molar-refractivity contribution in [1.29, 1.82) is 0 Å². The fraction of sp³-hybridized carbons (Fsp3) is 0.926. The summed E-state index contributed by atoms with van der Waals surface area (Å²) in [6.07, 6.45) is 31.3. The molecule has 192 valence electrons. The van der Waals surface area contributed by atoms with E-state index in [1.165, 1.54) is 116 Å². The Morgan fingerprint density at radius 2 is 1.06 bits per heavy atom. The van der Waals surface area contributed by atoms with Crippen molar-refractivity contribution in [2.75, 3.05) is 6.61 Å². The predicted molar refractivity (Wildman–Crippen MR) is 138 cm³/mol. The number of rotatable bonds is 25. The van der Waals surface area contributed by atoms with E-state index < -0.39 is 10.4 Å². The van der Waals surface area contributed by atoms with Crippen LogP contribution in [0.25, 0.3) is 0 Å². The van der Waals surface area contributed by atoms with Gasteiger partial charge in [0, 0.05) is 5.92 Å². The van der Waals surface area contributed by atoms with Gasteiger partial charge in [0.25, 0.3) is 0 Å². The largest absolute Gasteiger partial charge is 0.397 e. The molecular formula is C27H54O4S. The highest BCUT2D eigenvalue weighted by Gasteiger charge is 2.11. The lowest BCUT2D eigenvalue weighted by Gasteiger charge is -2.12. The normalized spacial score (nSPS) is 13.2. The van der Waals surface area contributed by atoms with Gasteiger partial charge >= 0.3 is 10.4 Å². The van der Waals surface area contributed by atoms with Gasteiger partial charge in [-0.2, -0.15) is 8.42 Å². The van der Waals surface area contributed by atoms with Crippen molar-refractivity contribution in [2.24, 2.45) is 5.92 Å². The molecule has 32 heavy (non-hydrogen) atoms. The van der Waals surface area contributed by atoms with Crippen LogP contribution in [-0.2, 0) is 14.6 Å². The summed E-state index contributed by atoms with van der Waals surface area (Å²) >= 11 is 0. The molecule has 5 heteroatoms. The van der Waals surface area contributed by atoms with E-state index >= 15 is 0 Å². The summed E-state index contributed by atoms with van der Waals surface area (Å²) < 4.78 is 35.2. The molecule has 1 N–H and O–H groups in total. The van der Waals surface area contributed by atoms with E-state index in [0.29, 0.717) is 0 Å². The molecule has 0 aromatic carbocycles. The minimum absolute atomic E-state index is 0.0435. The fourth-order valence-electron chi connectivity index (χ4n) is 4.16. The summed E-state index contributed by atoms with van der Waals surface area (Å²) in [5.74, 6) is 0.0604. The van der Waals surface area contributed by atoms with Crippen LogP contribution in [0.3, 0.4) is 0 Å². The van der Waals surface area contributed by atoms with E-state index in [9.17, 15) is 8.42 Å². The first-order valence-corrected chi connectivity index (χ1v) is 15.1. The first-order valence-electron chi connectivity index (χ1n) is 13.8. The van der Waals surface area contributed by atoms with Gasteiger partial charge in [0.05, 0.1) is 6.61 Å². The lowest BCUT2D eigenvalue weighted by Crippen LogP contribution is -2.12. The molecule has 0 saturated heterocycles. The molecule has 0 rings (SSSR count). The van der Waals surface area contributed by atoms with Crippen molar-refractivity contribution in [3.8, 4) is 0 Å². The highest BCUT2D eigenvalue weighted by Crippen LogP contribution is 2.16. The summed E-state index contributed by atoms with van der Waals surface area (Å²) in [6.45, 7) is 4.51. The van der Waals surface area contributed by atoms with Gasteiger partial charge in [-0.3, -0.25) is 4.55 Å². The van der Waals surface area contributed by atoms with Crippen molar-refractivity contribution in [1.82, 2.24) is 0 Å². The average molecular weight is 475 g/mol. The molecule has 0 heterocycles. The molecule has 0 aliphatic heterocycles. The molecule has 4 nitrogen and oxygen atoms in total. The number of hydrogen-bond donors (Lipinski definition) is 1. The minimum Gasteiger partial charge on any atom is -0.264 e. The molecule has 0 aliphatic carbocycles. The Labute approximate surface area is 200 Å². The average Bonchev–Trinajstić information content (AvgIpc) is 2.75. The highest BCUT2D eigenvalue weighted by molar-refractivity contribution is 7.80. The van der Waals surface area contributed by atoms with Crippen LogP contribution < -0.4 is 0 Å². The second-order valence-electron chi connectivity index (χ2n) is 9.49. The maximum absolute atomic E-state index is 10.9. The van der Waals surface area contributed by atoms with Gasteiger partial charge in [-0.15, -0.1) is 0 Å². The molecule has 0 radical (unpaired) electrons. The summed E-state index contributed by atoms with van der Waals surface area (Å²) in [6, 6.07) is 0. The van der Waals surface area contributed by atoms with E-state index in [0.717, 1.165) is 19.3 Å². The van der Waals surface area contributed by atoms with Crippen molar-refractivity contribution in [3.05, 3.63) is 12.2 Å². The highest BCUT2D eigenvalue weighted by atomic mass is 32.3. The molecular weight excluding hydrogens is 420 g/mol. The molecule has 0 aliphatic rings. The van der Waals surface area contributed by atoms with Gasteiger partial charge in [0.2, 0.25) is 0 Å². The first-order chi connectivity index (χ1) is 15.5. The van der Waals surface area contributed by atoms with Gasteiger partial charge in [-0.05, 0) is 19.3 Å². The lowest BCUT2D eigenvalue weighted by atomic mass is 10.00. The molecule has 0 saturated carbocycles. The topological polar surface area (TPSA) is 63.6 Å². The van der Waals surface area contributed by atoms with Crippen molar-refractivity contribution in [2.45, 2.75) is 149 Å². The number of unbranched alkanes of at least 4 members (excludes halogenated alkanes) is 18. The third-order valence-corrected chi connectivity index (χ3v) is 6.68. The third-order valence-electron chi connectivity index (χ3n) is 6.24. The van der Waals surface area contributed by atoms with Crippen LogP contribution in [0.4, 0.5) is 0 Å². The molecule has 1 unspecified atom stereocenters. The van der Waals surface area contributed by atoms with Crippen LogP contribution in [-0.4, -0.2) is 19.6 Å². The Kier molecular flexibility index (Phi) is 23.5. The van der Waals surface area contributed by atoms with Crippen LogP contribution in [0.5, 0.6) is 0 Å². The summed E-state index contributed by atoms with van der Waals surface area (Å²) in [4.78, 5) is 0. The van der Waals surface area contributed by atoms with Gasteiger partial charge in [-0.1, -0.05) is 142 Å². The second-order valence-corrected chi connectivity index (χ2v) is 10.6. The van der Waals surface area contributed by atoms with E-state index in [-0.39, 0.29) is 12.5 Å². The van der Waals surface area contributed by atoms with Crippen LogP contribution in [0.2, 0.25) is 0 Å². The Morgan fingerprint density at radius 3 is 1.50 bits per heavy atom. The van der Waals surface area contributed by atoms with Crippen molar-refractivity contribution >= 4 is 10.4 Å². The standard InChI is InChI=1S/C27H54O4S/c1-3-5-7-9-10-11-12-13-14-15-16-17-18-19-21-23-25-27(26-31-32(28,29)30)24-22-20-8-6-4-2/h23,25,27H,3-22,24,26H2,1-2H3,(H,28,29,30)/b25-23+. The number of hydrogen-bond acceptors (Lipinski definition) is 3. The molecule has 0 amide bonds. The monoisotopic (exact) mass is 474 g/mol. The maximum atomic E-state index is 10.9. The quantitative estimate of drug-likeness (QED) is 0.0813. The Balaban J connectivity index is 3.69. The Bertz CT molecular complexity index is 502. The van der Waals surface area contributed by atoms with E-state index in [1.54, 1.807) is 0 Å². The molecule has 0 aromatic rings. The molecule has 0 aromatic heterocycles. The zero-order valence-electron chi connectivity index (χ0n) is 21.4. The van der Waals surface area contributed by atoms with Crippen LogP contribution >= 0.6 is 0 Å². The van der Waals surface area contributed by atoms with E-state index in [4.69, 9.17) is 4.55 Å². The SMILES string of the molecule is CCCCCCCCCCCCCCCC/C=C/C(CCCCCCC)COS(=O)(=O)O. The van der Waals surface area contributed by atoms with E-state index in [2.05, 4.69) is 30.2 Å². The smallest absolute Gasteiger partial charge is 0.264 e. The lowest BCUT2D eigenvalue weighted by molar-refractivity contribution is 0.234. The Hall–Kier alpha value is -0.390. The first kappa shape index (κ1) is 31.6. The van der Waals surface area contributed by atoms with Crippen LogP contribution in [0.1, 0.15) is 149 Å². The zero-order valence-corrected chi connectivity index (χ0v) is 22.2. The fourth-order valence-corrected chi connectivity index (χ4v) is 4.51.